The van der Waals surface area contributed by atoms with Gasteiger partial charge in [0.25, 0.3) is 0 Å². The standard InChI is InChI=1S/C12H21NO/c1-13-10-8-12(14-9-10)7-6-11(12)4-2-3-5-11/h10,13H,2-9H2,1H3. The van der Waals surface area contributed by atoms with Crippen molar-refractivity contribution >= 4 is 0 Å². The summed E-state index contributed by atoms with van der Waals surface area (Å²) in [5.74, 6) is 0. The molecule has 3 rings (SSSR count). The number of hydrogen-bond donors (Lipinski definition) is 1. The summed E-state index contributed by atoms with van der Waals surface area (Å²) in [5, 5.41) is 3.37. The Labute approximate surface area is 86.4 Å². The molecule has 2 nitrogen and oxygen atoms in total. The molecule has 3 aliphatic rings. The fraction of sp³-hybridized carbons (Fsp3) is 1.00. The zero-order chi connectivity index (χ0) is 9.65. The molecule has 2 heteroatoms. The second-order valence-electron chi connectivity index (χ2n) is 5.48. The van der Waals surface area contributed by atoms with Crippen molar-refractivity contribution in [2.75, 3.05) is 13.7 Å². The van der Waals surface area contributed by atoms with Crippen molar-refractivity contribution in [3.63, 3.8) is 0 Å². The van der Waals surface area contributed by atoms with Gasteiger partial charge < -0.3 is 10.1 Å². The quantitative estimate of drug-likeness (QED) is 0.691. The van der Waals surface area contributed by atoms with E-state index in [-0.39, 0.29) is 0 Å². The lowest BCUT2D eigenvalue weighted by Gasteiger charge is -2.55. The van der Waals surface area contributed by atoms with E-state index in [9.17, 15) is 0 Å². The molecule has 1 aliphatic heterocycles. The molecule has 0 amide bonds. The molecule has 80 valence electrons. The van der Waals surface area contributed by atoms with Gasteiger partial charge in [0, 0.05) is 6.04 Å². The Balaban J connectivity index is 1.78. The van der Waals surface area contributed by atoms with Crippen LogP contribution in [0.15, 0.2) is 0 Å². The predicted octanol–water partition coefficient (Wildman–Crippen LogP) is 2.09. The second-order valence-corrected chi connectivity index (χ2v) is 5.48. The maximum Gasteiger partial charge on any atom is 0.0755 e. The lowest BCUT2D eigenvalue weighted by molar-refractivity contribution is -0.173. The fourth-order valence-corrected chi connectivity index (χ4v) is 4.02. The SMILES string of the molecule is CNC1COC2(CCC23CCCC3)C1. The zero-order valence-electron chi connectivity index (χ0n) is 9.14. The highest BCUT2D eigenvalue weighted by molar-refractivity contribution is 5.14. The van der Waals surface area contributed by atoms with Crippen LogP contribution in [-0.2, 0) is 4.74 Å². The first kappa shape index (κ1) is 9.17. The Bertz CT molecular complexity index is 234. The van der Waals surface area contributed by atoms with Crippen molar-refractivity contribution < 1.29 is 4.74 Å². The Morgan fingerprint density at radius 2 is 1.93 bits per heavy atom. The van der Waals surface area contributed by atoms with E-state index in [0.717, 1.165) is 6.61 Å². The molecule has 14 heavy (non-hydrogen) atoms. The summed E-state index contributed by atoms with van der Waals surface area (Å²) in [7, 11) is 2.06. The van der Waals surface area contributed by atoms with Gasteiger partial charge in [-0.2, -0.15) is 0 Å². The first-order valence-corrected chi connectivity index (χ1v) is 6.12. The summed E-state index contributed by atoms with van der Waals surface area (Å²) in [4.78, 5) is 0. The molecule has 1 N–H and O–H groups in total. The van der Waals surface area contributed by atoms with Crippen molar-refractivity contribution in [3.8, 4) is 0 Å². The van der Waals surface area contributed by atoms with E-state index in [2.05, 4.69) is 12.4 Å². The molecule has 0 bridgehead atoms. The van der Waals surface area contributed by atoms with E-state index in [1.807, 2.05) is 0 Å². The van der Waals surface area contributed by atoms with Crippen molar-refractivity contribution in [2.45, 2.75) is 56.6 Å². The van der Waals surface area contributed by atoms with Crippen molar-refractivity contribution in [1.29, 1.82) is 0 Å². The van der Waals surface area contributed by atoms with Crippen LogP contribution >= 0.6 is 0 Å². The minimum Gasteiger partial charge on any atom is -0.373 e. The number of likely N-dealkylation sites (N-methyl/N-ethyl adjacent to an activating group) is 1. The number of ether oxygens (including phenoxy) is 1. The fourth-order valence-electron chi connectivity index (χ4n) is 4.02. The zero-order valence-corrected chi connectivity index (χ0v) is 9.14. The summed E-state index contributed by atoms with van der Waals surface area (Å²) >= 11 is 0. The minimum atomic E-state index is 0.303. The molecule has 2 aliphatic carbocycles. The van der Waals surface area contributed by atoms with Crippen molar-refractivity contribution in [3.05, 3.63) is 0 Å². The number of nitrogens with one attached hydrogen (secondary N) is 1. The summed E-state index contributed by atoms with van der Waals surface area (Å²) in [6.07, 6.45) is 9.77. The Morgan fingerprint density at radius 3 is 2.43 bits per heavy atom. The lowest BCUT2D eigenvalue weighted by atomic mass is 9.54. The number of hydrogen-bond acceptors (Lipinski definition) is 2. The van der Waals surface area contributed by atoms with Gasteiger partial charge in [-0.05, 0) is 44.6 Å². The number of fused-ring (bicyclic) bond motifs is 1. The van der Waals surface area contributed by atoms with Crippen LogP contribution in [0.5, 0.6) is 0 Å². The molecule has 3 fully saturated rings. The third-order valence-corrected chi connectivity index (χ3v) is 5.08. The van der Waals surface area contributed by atoms with Crippen LogP contribution in [0, 0.1) is 5.41 Å². The average Bonchev–Trinajstić information content (AvgIpc) is 2.86. The van der Waals surface area contributed by atoms with Gasteiger partial charge in [-0.15, -0.1) is 0 Å². The normalized spacial score (nSPS) is 44.8. The van der Waals surface area contributed by atoms with E-state index < -0.39 is 0 Å². The largest absolute Gasteiger partial charge is 0.373 e. The average molecular weight is 195 g/mol. The molecule has 2 unspecified atom stereocenters. The minimum absolute atomic E-state index is 0.303. The van der Waals surface area contributed by atoms with Crippen molar-refractivity contribution in [2.24, 2.45) is 5.41 Å². The summed E-state index contributed by atoms with van der Waals surface area (Å²) < 4.78 is 6.16. The highest BCUT2D eigenvalue weighted by Crippen LogP contribution is 2.64. The van der Waals surface area contributed by atoms with Gasteiger partial charge in [-0.25, -0.2) is 0 Å². The van der Waals surface area contributed by atoms with Crippen LogP contribution in [0.3, 0.4) is 0 Å². The molecule has 0 radical (unpaired) electrons. The van der Waals surface area contributed by atoms with E-state index in [1.54, 1.807) is 0 Å². The van der Waals surface area contributed by atoms with E-state index >= 15 is 0 Å². The lowest BCUT2D eigenvalue weighted by Crippen LogP contribution is -2.55. The van der Waals surface area contributed by atoms with Gasteiger partial charge >= 0.3 is 0 Å². The number of rotatable bonds is 1. The Hall–Kier alpha value is -0.0800. The van der Waals surface area contributed by atoms with Crippen LogP contribution in [0.2, 0.25) is 0 Å². The van der Waals surface area contributed by atoms with Crippen LogP contribution in [0.4, 0.5) is 0 Å². The molecule has 0 aromatic carbocycles. The smallest absolute Gasteiger partial charge is 0.0755 e. The maximum absolute atomic E-state index is 6.16. The monoisotopic (exact) mass is 195 g/mol. The summed E-state index contributed by atoms with van der Waals surface area (Å²) in [5.41, 5.74) is 0.912. The van der Waals surface area contributed by atoms with Crippen LogP contribution < -0.4 is 5.32 Å². The van der Waals surface area contributed by atoms with Crippen LogP contribution in [0.1, 0.15) is 44.9 Å². The third kappa shape index (κ3) is 0.989. The Morgan fingerprint density at radius 1 is 1.14 bits per heavy atom. The van der Waals surface area contributed by atoms with Gasteiger partial charge in [-0.3, -0.25) is 0 Å². The predicted molar refractivity (Wildman–Crippen MR) is 56.3 cm³/mol. The van der Waals surface area contributed by atoms with Gasteiger partial charge in [-0.1, -0.05) is 12.8 Å². The summed E-state index contributed by atoms with van der Waals surface area (Å²) in [6, 6.07) is 0.618. The van der Waals surface area contributed by atoms with E-state index in [1.165, 1.54) is 44.9 Å². The van der Waals surface area contributed by atoms with Crippen molar-refractivity contribution in [1.82, 2.24) is 5.32 Å². The Kier molecular flexibility index (Phi) is 1.94. The molecule has 0 aromatic rings. The highest BCUT2D eigenvalue weighted by Gasteiger charge is 2.62. The second kappa shape index (κ2) is 2.96. The molecule has 2 saturated carbocycles. The topological polar surface area (TPSA) is 21.3 Å². The molecule has 1 heterocycles. The molecule has 2 atom stereocenters. The van der Waals surface area contributed by atoms with Crippen LogP contribution in [0.25, 0.3) is 0 Å². The third-order valence-electron chi connectivity index (χ3n) is 5.08. The highest BCUT2D eigenvalue weighted by atomic mass is 16.5. The molecule has 1 saturated heterocycles. The van der Waals surface area contributed by atoms with Gasteiger partial charge in [0.1, 0.15) is 0 Å². The van der Waals surface area contributed by atoms with Gasteiger partial charge in [0.15, 0.2) is 0 Å². The van der Waals surface area contributed by atoms with E-state index in [0.29, 0.717) is 17.1 Å². The summed E-state index contributed by atoms with van der Waals surface area (Å²) in [6.45, 7) is 0.943. The molecular weight excluding hydrogens is 174 g/mol. The van der Waals surface area contributed by atoms with E-state index in [4.69, 9.17) is 4.74 Å². The first-order chi connectivity index (χ1) is 6.80. The first-order valence-electron chi connectivity index (χ1n) is 6.12. The van der Waals surface area contributed by atoms with Gasteiger partial charge in [0.05, 0.1) is 12.2 Å². The molecule has 2 spiro atoms. The maximum atomic E-state index is 6.16. The molecule has 0 aromatic heterocycles. The van der Waals surface area contributed by atoms with Crippen LogP contribution in [-0.4, -0.2) is 25.3 Å². The molecular formula is C12H21NO. The van der Waals surface area contributed by atoms with Gasteiger partial charge in [0.2, 0.25) is 0 Å².